The molecule has 0 unspecified atom stereocenters. The van der Waals surface area contributed by atoms with Crippen molar-refractivity contribution >= 4 is 40.4 Å². The predicted molar refractivity (Wildman–Crippen MR) is 128 cm³/mol. The van der Waals surface area contributed by atoms with Crippen LogP contribution in [0.4, 0.5) is 10.1 Å². The number of benzene rings is 2. The molecule has 2 heterocycles. The Kier molecular flexibility index (Phi) is 6.17. The topological polar surface area (TPSA) is 62.3 Å². The van der Waals surface area contributed by atoms with Crippen LogP contribution < -0.4 is 5.32 Å². The lowest BCUT2D eigenvalue weighted by Crippen LogP contribution is -2.38. The van der Waals surface area contributed by atoms with Gasteiger partial charge in [0.15, 0.2) is 0 Å². The fraction of sp³-hybridized carbons (Fsp3) is 0.320. The second kappa shape index (κ2) is 9.23. The summed E-state index contributed by atoms with van der Waals surface area (Å²) in [6.45, 7) is 0.981. The van der Waals surface area contributed by atoms with Crippen LogP contribution in [0.25, 0.3) is 0 Å². The van der Waals surface area contributed by atoms with E-state index in [-0.39, 0.29) is 28.3 Å². The zero-order valence-electron chi connectivity index (χ0n) is 17.9. The Morgan fingerprint density at radius 2 is 1.91 bits per heavy atom. The van der Waals surface area contributed by atoms with E-state index in [4.69, 9.17) is 11.6 Å². The molecule has 3 aromatic rings. The average molecular weight is 484 g/mol. The van der Waals surface area contributed by atoms with Gasteiger partial charge < -0.3 is 10.2 Å². The predicted octanol–water partition coefficient (Wildman–Crippen LogP) is 5.70. The maximum atomic E-state index is 14.1. The molecule has 8 heteroatoms. The first-order chi connectivity index (χ1) is 16.0. The SMILES string of the molecule is O=C(Nc1ccc2c(c1)CCC2)c1csc(C2CCN(C(=O)c3c(F)cccc3Cl)CC2)n1. The van der Waals surface area contributed by atoms with Gasteiger partial charge in [-0.05, 0) is 67.5 Å². The fourth-order valence-corrected chi connectivity index (χ4v) is 5.83. The summed E-state index contributed by atoms with van der Waals surface area (Å²) < 4.78 is 14.1. The van der Waals surface area contributed by atoms with E-state index in [1.165, 1.54) is 47.1 Å². The van der Waals surface area contributed by atoms with Gasteiger partial charge >= 0.3 is 0 Å². The van der Waals surface area contributed by atoms with E-state index in [0.29, 0.717) is 31.6 Å². The number of nitrogens with zero attached hydrogens (tertiary/aromatic N) is 2. The van der Waals surface area contributed by atoms with Crippen LogP contribution in [0.2, 0.25) is 5.02 Å². The van der Waals surface area contributed by atoms with Gasteiger partial charge in [-0.25, -0.2) is 9.37 Å². The third-order valence-electron chi connectivity index (χ3n) is 6.42. The molecule has 0 saturated carbocycles. The van der Waals surface area contributed by atoms with E-state index in [9.17, 15) is 14.0 Å². The lowest BCUT2D eigenvalue weighted by Gasteiger charge is -2.31. The first-order valence-corrected chi connectivity index (χ1v) is 12.4. The molecular formula is C25H23ClFN3O2S. The smallest absolute Gasteiger partial charge is 0.275 e. The van der Waals surface area contributed by atoms with Gasteiger partial charge in [-0.1, -0.05) is 23.7 Å². The summed E-state index contributed by atoms with van der Waals surface area (Å²) in [6, 6.07) is 10.4. The summed E-state index contributed by atoms with van der Waals surface area (Å²) in [4.78, 5) is 31.7. The summed E-state index contributed by atoms with van der Waals surface area (Å²) in [5.41, 5.74) is 3.81. The average Bonchev–Trinajstić information content (AvgIpc) is 3.49. The lowest BCUT2D eigenvalue weighted by atomic mass is 9.97. The number of rotatable bonds is 4. The summed E-state index contributed by atoms with van der Waals surface area (Å²) in [5, 5.41) is 5.77. The number of anilines is 1. The number of hydrogen-bond donors (Lipinski definition) is 1. The van der Waals surface area contributed by atoms with E-state index in [2.05, 4.69) is 22.4 Å². The van der Waals surface area contributed by atoms with Crippen LogP contribution in [0, 0.1) is 5.82 Å². The van der Waals surface area contributed by atoms with Crippen molar-refractivity contribution in [3.63, 3.8) is 0 Å². The molecule has 0 bridgehead atoms. The molecule has 33 heavy (non-hydrogen) atoms. The number of amides is 2. The van der Waals surface area contributed by atoms with Crippen molar-refractivity contribution in [3.8, 4) is 0 Å². The second-order valence-corrected chi connectivity index (χ2v) is 9.82. The number of nitrogens with one attached hydrogen (secondary N) is 1. The number of likely N-dealkylation sites (tertiary alicyclic amines) is 1. The van der Waals surface area contributed by atoms with E-state index in [1.807, 2.05) is 6.07 Å². The molecule has 2 aliphatic rings. The van der Waals surface area contributed by atoms with Gasteiger partial charge in [-0.2, -0.15) is 0 Å². The van der Waals surface area contributed by atoms with Crippen LogP contribution in [0.5, 0.6) is 0 Å². The Bertz CT molecular complexity index is 1200. The highest BCUT2D eigenvalue weighted by Crippen LogP contribution is 2.32. The molecule has 170 valence electrons. The normalized spacial score (nSPS) is 16.0. The highest BCUT2D eigenvalue weighted by atomic mass is 35.5. The largest absolute Gasteiger partial charge is 0.338 e. The molecule has 1 N–H and O–H groups in total. The summed E-state index contributed by atoms with van der Waals surface area (Å²) in [7, 11) is 0. The number of aromatic nitrogens is 1. The number of halogens is 2. The Labute approximate surface area is 200 Å². The fourth-order valence-electron chi connectivity index (χ4n) is 4.61. The summed E-state index contributed by atoms with van der Waals surface area (Å²) in [6.07, 6.45) is 4.75. The number of hydrogen-bond acceptors (Lipinski definition) is 4. The van der Waals surface area contributed by atoms with Crippen LogP contribution in [-0.4, -0.2) is 34.8 Å². The van der Waals surface area contributed by atoms with E-state index < -0.39 is 5.82 Å². The summed E-state index contributed by atoms with van der Waals surface area (Å²) in [5.74, 6) is -1.03. The summed E-state index contributed by atoms with van der Waals surface area (Å²) >= 11 is 7.52. The highest BCUT2D eigenvalue weighted by molar-refractivity contribution is 7.10. The van der Waals surface area contributed by atoms with Crippen molar-refractivity contribution in [1.29, 1.82) is 0 Å². The Balaban J connectivity index is 1.20. The molecule has 1 fully saturated rings. The van der Waals surface area contributed by atoms with Gasteiger partial charge in [0.1, 0.15) is 11.5 Å². The van der Waals surface area contributed by atoms with Gasteiger partial charge in [0, 0.05) is 30.1 Å². The van der Waals surface area contributed by atoms with Gasteiger partial charge in [-0.3, -0.25) is 9.59 Å². The minimum Gasteiger partial charge on any atom is -0.338 e. The first-order valence-electron chi connectivity index (χ1n) is 11.1. The minimum atomic E-state index is -0.603. The maximum absolute atomic E-state index is 14.1. The van der Waals surface area contributed by atoms with Crippen LogP contribution >= 0.6 is 22.9 Å². The molecule has 5 rings (SSSR count). The number of carbonyl (C=O) groups excluding carboxylic acids is 2. The standard InChI is InChI=1S/C25H23ClFN3O2S/c26-19-5-2-6-20(27)22(19)25(32)30-11-9-16(10-12-30)24-29-21(14-33-24)23(31)28-18-8-7-15-3-1-4-17(15)13-18/h2,5-8,13-14,16H,1,3-4,9-12H2,(H,28,31). The molecular weight excluding hydrogens is 461 g/mol. The monoisotopic (exact) mass is 483 g/mol. The van der Waals surface area contributed by atoms with E-state index in [1.54, 1.807) is 10.3 Å². The van der Waals surface area contributed by atoms with Crippen LogP contribution in [-0.2, 0) is 12.8 Å². The number of piperidine rings is 1. The molecule has 0 radical (unpaired) electrons. The molecule has 1 saturated heterocycles. The molecule has 0 atom stereocenters. The molecule has 0 spiro atoms. The van der Waals surface area contributed by atoms with Gasteiger partial charge in [0.05, 0.1) is 15.6 Å². The lowest BCUT2D eigenvalue weighted by molar-refractivity contribution is 0.0708. The minimum absolute atomic E-state index is 0.0719. The van der Waals surface area contributed by atoms with E-state index in [0.717, 1.165) is 23.5 Å². The van der Waals surface area contributed by atoms with Crippen molar-refractivity contribution < 1.29 is 14.0 Å². The van der Waals surface area contributed by atoms with Crippen LogP contribution in [0.15, 0.2) is 41.8 Å². The third-order valence-corrected chi connectivity index (χ3v) is 7.74. The highest BCUT2D eigenvalue weighted by Gasteiger charge is 2.29. The van der Waals surface area contributed by atoms with Crippen molar-refractivity contribution in [1.82, 2.24) is 9.88 Å². The third kappa shape index (κ3) is 4.52. The van der Waals surface area contributed by atoms with Crippen LogP contribution in [0.1, 0.15) is 62.2 Å². The Hall–Kier alpha value is -2.77. The number of thiazole rings is 1. The van der Waals surface area contributed by atoms with Gasteiger partial charge in [0.2, 0.25) is 0 Å². The van der Waals surface area contributed by atoms with Crippen molar-refractivity contribution in [2.45, 2.75) is 38.0 Å². The quantitative estimate of drug-likeness (QED) is 0.518. The zero-order valence-corrected chi connectivity index (χ0v) is 19.5. The Morgan fingerprint density at radius 3 is 2.70 bits per heavy atom. The van der Waals surface area contributed by atoms with Crippen molar-refractivity contribution in [3.05, 3.63) is 80.0 Å². The molecule has 1 aliphatic carbocycles. The zero-order chi connectivity index (χ0) is 22.9. The first kappa shape index (κ1) is 22.0. The Morgan fingerprint density at radius 1 is 1.12 bits per heavy atom. The maximum Gasteiger partial charge on any atom is 0.275 e. The second-order valence-electron chi connectivity index (χ2n) is 8.53. The van der Waals surface area contributed by atoms with Crippen molar-refractivity contribution in [2.75, 3.05) is 18.4 Å². The molecule has 1 aliphatic heterocycles. The van der Waals surface area contributed by atoms with Crippen molar-refractivity contribution in [2.24, 2.45) is 0 Å². The molecule has 1 aromatic heterocycles. The van der Waals surface area contributed by atoms with E-state index >= 15 is 0 Å². The van der Waals surface area contributed by atoms with Gasteiger partial charge in [0.25, 0.3) is 11.8 Å². The van der Waals surface area contributed by atoms with Gasteiger partial charge in [-0.15, -0.1) is 11.3 Å². The molecule has 2 amide bonds. The molecule has 5 nitrogen and oxygen atoms in total. The number of carbonyl (C=O) groups is 2. The van der Waals surface area contributed by atoms with Crippen LogP contribution in [0.3, 0.4) is 0 Å². The number of fused-ring (bicyclic) bond motifs is 1. The number of aryl methyl sites for hydroxylation is 2. The molecule has 2 aromatic carbocycles.